The van der Waals surface area contributed by atoms with E-state index in [-0.39, 0.29) is 5.97 Å². The van der Waals surface area contributed by atoms with E-state index in [9.17, 15) is 4.79 Å². The molecule has 0 saturated carbocycles. The predicted molar refractivity (Wildman–Crippen MR) is 67.8 cm³/mol. The van der Waals surface area contributed by atoms with Gasteiger partial charge in [0.15, 0.2) is 0 Å². The summed E-state index contributed by atoms with van der Waals surface area (Å²) < 4.78 is 9.92. The molecule has 2 N–H and O–H groups in total. The third-order valence-electron chi connectivity index (χ3n) is 2.63. The lowest BCUT2D eigenvalue weighted by Gasteiger charge is -2.26. The van der Waals surface area contributed by atoms with Crippen molar-refractivity contribution in [3.05, 3.63) is 0 Å². The average Bonchev–Trinajstić information content (AvgIpc) is 2.28. The van der Waals surface area contributed by atoms with Crippen LogP contribution in [0.25, 0.3) is 0 Å². The Kier molecular flexibility index (Phi) is 9.03. The summed E-state index contributed by atoms with van der Waals surface area (Å²) in [4.78, 5) is 13.6. The number of nitrogens with zero attached hydrogens (tertiary/aromatic N) is 1. The first-order valence-electron chi connectivity index (χ1n) is 6.18. The number of methoxy groups -OCH3 is 1. The minimum absolute atomic E-state index is 0.317. The number of hydrogen-bond acceptors (Lipinski definition) is 5. The van der Waals surface area contributed by atoms with Gasteiger partial charge >= 0.3 is 5.97 Å². The molecule has 5 nitrogen and oxygen atoms in total. The van der Waals surface area contributed by atoms with E-state index in [1.165, 1.54) is 0 Å². The fourth-order valence-electron chi connectivity index (χ4n) is 1.51. The summed E-state index contributed by atoms with van der Waals surface area (Å²) in [5.74, 6) is -0.317. The molecule has 17 heavy (non-hydrogen) atoms. The van der Waals surface area contributed by atoms with E-state index in [1.54, 1.807) is 14.0 Å². The fourth-order valence-corrected chi connectivity index (χ4v) is 1.51. The van der Waals surface area contributed by atoms with E-state index in [2.05, 4.69) is 18.7 Å². The van der Waals surface area contributed by atoms with Gasteiger partial charge in [-0.15, -0.1) is 0 Å². The van der Waals surface area contributed by atoms with Gasteiger partial charge in [-0.1, -0.05) is 0 Å². The molecule has 0 amide bonds. The maximum Gasteiger partial charge on any atom is 0.322 e. The Balaban J connectivity index is 3.98. The molecule has 0 bridgehead atoms. The van der Waals surface area contributed by atoms with Crippen LogP contribution in [0.15, 0.2) is 0 Å². The highest BCUT2D eigenvalue weighted by atomic mass is 16.5. The second-order valence-corrected chi connectivity index (χ2v) is 4.27. The molecule has 0 rings (SSSR count). The Morgan fingerprint density at radius 3 is 2.47 bits per heavy atom. The Morgan fingerprint density at radius 1 is 1.35 bits per heavy atom. The zero-order valence-corrected chi connectivity index (χ0v) is 11.4. The Morgan fingerprint density at radius 2 is 2.00 bits per heavy atom. The maximum atomic E-state index is 11.3. The quantitative estimate of drug-likeness (QED) is 0.604. The monoisotopic (exact) mass is 246 g/mol. The van der Waals surface area contributed by atoms with Crippen molar-refractivity contribution in [3.63, 3.8) is 0 Å². The molecule has 0 aromatic rings. The Hall–Kier alpha value is -0.650. The van der Waals surface area contributed by atoms with Gasteiger partial charge in [0.1, 0.15) is 6.04 Å². The predicted octanol–water partition coefficient (Wildman–Crippen LogP) is 0.624. The van der Waals surface area contributed by atoms with Crippen LogP contribution in [0.3, 0.4) is 0 Å². The second kappa shape index (κ2) is 9.39. The molecular weight excluding hydrogens is 220 g/mol. The molecule has 0 fully saturated rings. The molecule has 0 aliphatic carbocycles. The fraction of sp³-hybridized carbons (Fsp3) is 0.917. The van der Waals surface area contributed by atoms with Gasteiger partial charge in [-0.2, -0.15) is 0 Å². The number of esters is 1. The maximum absolute atomic E-state index is 11.3. The first kappa shape index (κ1) is 16.4. The Bertz CT molecular complexity index is 210. The van der Waals surface area contributed by atoms with Crippen molar-refractivity contribution in [2.75, 3.05) is 33.4 Å². The molecule has 0 aromatic heterocycles. The highest BCUT2D eigenvalue weighted by Crippen LogP contribution is 2.02. The SMILES string of the molecule is CCOC(=O)C(N)CCN(CCOC)C(C)C. The number of nitrogens with two attached hydrogens (primary N) is 1. The van der Waals surface area contributed by atoms with Crippen LogP contribution in [-0.2, 0) is 14.3 Å². The van der Waals surface area contributed by atoms with Crippen LogP contribution in [0.4, 0.5) is 0 Å². The van der Waals surface area contributed by atoms with Crippen LogP contribution >= 0.6 is 0 Å². The van der Waals surface area contributed by atoms with Crippen LogP contribution < -0.4 is 5.73 Å². The van der Waals surface area contributed by atoms with Gasteiger partial charge in [-0.3, -0.25) is 9.69 Å². The molecule has 0 aliphatic rings. The first-order chi connectivity index (χ1) is 8.02. The van der Waals surface area contributed by atoms with E-state index in [4.69, 9.17) is 15.2 Å². The number of rotatable bonds is 9. The summed E-state index contributed by atoms with van der Waals surface area (Å²) in [6.45, 7) is 8.71. The van der Waals surface area contributed by atoms with Gasteiger partial charge in [0.2, 0.25) is 0 Å². The number of carbonyl (C=O) groups excluding carboxylic acids is 1. The van der Waals surface area contributed by atoms with Gasteiger partial charge < -0.3 is 15.2 Å². The van der Waals surface area contributed by atoms with Crippen LogP contribution in [-0.4, -0.2) is 56.4 Å². The summed E-state index contributed by atoms with van der Waals surface area (Å²) in [5.41, 5.74) is 5.75. The molecule has 0 saturated heterocycles. The topological polar surface area (TPSA) is 64.8 Å². The first-order valence-corrected chi connectivity index (χ1v) is 6.18. The number of carbonyl (C=O) groups is 1. The number of hydrogen-bond donors (Lipinski definition) is 1. The van der Waals surface area contributed by atoms with Crippen LogP contribution in [0.2, 0.25) is 0 Å². The molecular formula is C12H26N2O3. The van der Waals surface area contributed by atoms with E-state index in [0.717, 1.165) is 13.1 Å². The zero-order chi connectivity index (χ0) is 13.3. The lowest BCUT2D eigenvalue weighted by Crippen LogP contribution is -2.40. The van der Waals surface area contributed by atoms with E-state index >= 15 is 0 Å². The molecule has 1 atom stereocenters. The summed E-state index contributed by atoms with van der Waals surface area (Å²) in [6.07, 6.45) is 0.612. The lowest BCUT2D eigenvalue weighted by atomic mass is 10.2. The summed E-state index contributed by atoms with van der Waals surface area (Å²) in [5, 5.41) is 0. The van der Waals surface area contributed by atoms with Crippen molar-refractivity contribution < 1.29 is 14.3 Å². The van der Waals surface area contributed by atoms with Crippen LogP contribution in [0.5, 0.6) is 0 Å². The van der Waals surface area contributed by atoms with Gasteiger partial charge in [0.25, 0.3) is 0 Å². The van der Waals surface area contributed by atoms with Crippen molar-refractivity contribution in [1.29, 1.82) is 0 Å². The van der Waals surface area contributed by atoms with Gasteiger partial charge in [0.05, 0.1) is 13.2 Å². The average molecular weight is 246 g/mol. The molecule has 0 spiro atoms. The van der Waals surface area contributed by atoms with Crippen molar-refractivity contribution in [2.24, 2.45) is 5.73 Å². The smallest absolute Gasteiger partial charge is 0.322 e. The number of ether oxygens (including phenoxy) is 2. The molecule has 0 radical (unpaired) electrons. The zero-order valence-electron chi connectivity index (χ0n) is 11.4. The molecule has 0 aromatic carbocycles. The molecule has 102 valence electrons. The van der Waals surface area contributed by atoms with Crippen molar-refractivity contribution in [2.45, 2.75) is 39.3 Å². The van der Waals surface area contributed by atoms with Gasteiger partial charge in [0, 0.05) is 26.2 Å². The Labute approximate surface area is 104 Å². The highest BCUT2D eigenvalue weighted by Gasteiger charge is 2.17. The highest BCUT2D eigenvalue weighted by molar-refractivity contribution is 5.75. The van der Waals surface area contributed by atoms with E-state index in [0.29, 0.717) is 25.7 Å². The summed E-state index contributed by atoms with van der Waals surface area (Å²) >= 11 is 0. The standard InChI is InChI=1S/C12H26N2O3/c1-5-17-12(15)11(13)6-7-14(10(2)3)8-9-16-4/h10-11H,5-9,13H2,1-4H3. The van der Waals surface area contributed by atoms with Crippen LogP contribution in [0.1, 0.15) is 27.2 Å². The normalized spacial score (nSPS) is 13.1. The van der Waals surface area contributed by atoms with Gasteiger partial charge in [-0.25, -0.2) is 0 Å². The van der Waals surface area contributed by atoms with E-state index in [1.807, 2.05) is 0 Å². The van der Waals surface area contributed by atoms with Gasteiger partial charge in [-0.05, 0) is 27.2 Å². The molecule has 1 unspecified atom stereocenters. The summed E-state index contributed by atoms with van der Waals surface area (Å²) in [6, 6.07) is -0.113. The minimum atomic E-state index is -0.529. The molecule has 0 heterocycles. The third-order valence-corrected chi connectivity index (χ3v) is 2.63. The second-order valence-electron chi connectivity index (χ2n) is 4.27. The third kappa shape index (κ3) is 7.31. The van der Waals surface area contributed by atoms with Crippen molar-refractivity contribution in [3.8, 4) is 0 Å². The summed E-state index contributed by atoms with van der Waals surface area (Å²) in [7, 11) is 1.68. The minimum Gasteiger partial charge on any atom is -0.465 e. The van der Waals surface area contributed by atoms with Crippen molar-refractivity contribution >= 4 is 5.97 Å². The molecule has 5 heteroatoms. The largest absolute Gasteiger partial charge is 0.465 e. The lowest BCUT2D eigenvalue weighted by molar-refractivity contribution is -0.144. The van der Waals surface area contributed by atoms with Crippen molar-refractivity contribution in [1.82, 2.24) is 4.90 Å². The molecule has 0 aliphatic heterocycles. The van der Waals surface area contributed by atoms with E-state index < -0.39 is 6.04 Å². The van der Waals surface area contributed by atoms with Crippen LogP contribution in [0, 0.1) is 0 Å².